The third-order valence-electron chi connectivity index (χ3n) is 11.8. The zero-order valence-corrected chi connectivity index (χ0v) is 33.7. The van der Waals surface area contributed by atoms with Gasteiger partial charge in [0.2, 0.25) is 0 Å². The van der Waals surface area contributed by atoms with Crippen molar-refractivity contribution in [2.75, 3.05) is 4.90 Å². The molecule has 2 aromatic heterocycles. The van der Waals surface area contributed by atoms with Crippen molar-refractivity contribution in [3.8, 4) is 39.1 Å². The maximum Gasteiger partial charge on any atom is 0.0555 e. The van der Waals surface area contributed by atoms with Crippen molar-refractivity contribution < 1.29 is 0 Å². The molecule has 2 heterocycles. The summed E-state index contributed by atoms with van der Waals surface area (Å²) in [4.78, 5) is 2.50. The first-order valence-corrected chi connectivity index (χ1v) is 21.1. The van der Waals surface area contributed by atoms with Gasteiger partial charge in [0, 0.05) is 48.0 Å². The summed E-state index contributed by atoms with van der Waals surface area (Å²) in [6.45, 7) is 4.42. The molecule has 0 saturated heterocycles. The summed E-state index contributed by atoms with van der Waals surface area (Å²) in [5.74, 6) is 0. The Hall–Kier alpha value is -7.20. The number of fused-ring (bicyclic) bond motifs is 6. The van der Waals surface area contributed by atoms with E-state index in [1.165, 1.54) is 86.5 Å². The van der Waals surface area contributed by atoms with Crippen LogP contribution in [0.15, 0.2) is 206 Å². The molecule has 0 spiro atoms. The van der Waals surface area contributed by atoms with Gasteiger partial charge in [0.1, 0.15) is 0 Å². The van der Waals surface area contributed by atoms with E-state index in [1.54, 1.807) is 0 Å². The lowest BCUT2D eigenvalue weighted by Gasteiger charge is -2.30. The number of hydrogen-bond acceptors (Lipinski definition) is 2. The molecular weight excluding hydrogens is 733 g/mol. The topological polar surface area (TPSA) is 8.17 Å². The molecule has 0 unspecified atom stereocenters. The van der Waals surface area contributed by atoms with E-state index in [0.29, 0.717) is 0 Å². The van der Waals surface area contributed by atoms with Crippen molar-refractivity contribution in [1.29, 1.82) is 0 Å². The lowest BCUT2D eigenvalue weighted by molar-refractivity contribution is 1.18. The molecule has 0 bridgehead atoms. The third kappa shape index (κ3) is 5.93. The van der Waals surface area contributed by atoms with Gasteiger partial charge in [-0.3, -0.25) is 0 Å². The molecule has 11 aromatic rings. The standard InChI is InChI=1S/C56H40N2S/c1-37-28-30-42(31-29-37)57(53-36-49(40-18-7-4-8-19-40)48(34-38(53)2)39-16-5-3-6-17-39)52-33-32-44(56-55(52)47-24-11-14-27-54(47)59-56)41-20-15-21-43(35-41)58-50-25-12-9-22-45(50)46-23-10-13-26-51(46)58/h3-36H,1-2H3. The number of anilines is 3. The number of nitrogens with zero attached hydrogens (tertiary/aromatic N) is 2. The summed E-state index contributed by atoms with van der Waals surface area (Å²) in [5.41, 5.74) is 16.7. The molecule has 0 atom stereocenters. The second kappa shape index (κ2) is 14.3. The van der Waals surface area contributed by atoms with E-state index < -0.39 is 0 Å². The number of thiophene rings is 1. The van der Waals surface area contributed by atoms with Crippen molar-refractivity contribution in [2.45, 2.75) is 13.8 Å². The summed E-state index contributed by atoms with van der Waals surface area (Å²) < 4.78 is 4.97. The van der Waals surface area contributed by atoms with E-state index in [0.717, 1.165) is 22.7 Å². The van der Waals surface area contributed by atoms with Gasteiger partial charge in [-0.25, -0.2) is 0 Å². The van der Waals surface area contributed by atoms with E-state index >= 15 is 0 Å². The Morgan fingerprint density at radius 3 is 1.68 bits per heavy atom. The monoisotopic (exact) mass is 772 g/mol. The first-order valence-electron chi connectivity index (χ1n) is 20.3. The van der Waals surface area contributed by atoms with Crippen LogP contribution in [0.4, 0.5) is 17.1 Å². The van der Waals surface area contributed by atoms with Gasteiger partial charge in [0.25, 0.3) is 0 Å². The van der Waals surface area contributed by atoms with Crippen LogP contribution < -0.4 is 4.90 Å². The number of para-hydroxylation sites is 2. The van der Waals surface area contributed by atoms with E-state index in [9.17, 15) is 0 Å². The van der Waals surface area contributed by atoms with Crippen LogP contribution in [-0.2, 0) is 0 Å². The molecule has 0 fully saturated rings. The van der Waals surface area contributed by atoms with Crippen LogP contribution in [0.5, 0.6) is 0 Å². The van der Waals surface area contributed by atoms with E-state index in [4.69, 9.17) is 0 Å². The molecule has 0 aliphatic heterocycles. The molecule has 0 saturated carbocycles. The molecule has 0 N–H and O–H groups in total. The van der Waals surface area contributed by atoms with Gasteiger partial charge in [-0.2, -0.15) is 0 Å². The highest BCUT2D eigenvalue weighted by molar-refractivity contribution is 7.26. The Morgan fingerprint density at radius 2 is 1.00 bits per heavy atom. The molecule has 2 nitrogen and oxygen atoms in total. The van der Waals surface area contributed by atoms with Gasteiger partial charge >= 0.3 is 0 Å². The number of aryl methyl sites for hydroxylation is 2. The molecule has 0 amide bonds. The predicted molar refractivity (Wildman–Crippen MR) is 254 cm³/mol. The Balaban J connectivity index is 1.16. The fraction of sp³-hybridized carbons (Fsp3) is 0.0357. The smallest absolute Gasteiger partial charge is 0.0555 e. The van der Waals surface area contributed by atoms with Gasteiger partial charge in [-0.1, -0.05) is 151 Å². The van der Waals surface area contributed by atoms with E-state index in [2.05, 4.69) is 230 Å². The summed E-state index contributed by atoms with van der Waals surface area (Å²) in [6, 6.07) is 75.6. The zero-order chi connectivity index (χ0) is 39.5. The molecule has 0 aliphatic rings. The number of benzene rings is 9. The average Bonchev–Trinajstić information content (AvgIpc) is 3.85. The molecular formula is C56H40N2S. The maximum atomic E-state index is 2.50. The number of aromatic nitrogens is 1. The van der Waals surface area contributed by atoms with Gasteiger partial charge in [-0.05, 0) is 113 Å². The van der Waals surface area contributed by atoms with Crippen LogP contribution in [-0.4, -0.2) is 4.57 Å². The van der Waals surface area contributed by atoms with Crippen molar-refractivity contribution in [3.05, 3.63) is 217 Å². The molecule has 280 valence electrons. The molecule has 0 aliphatic carbocycles. The Kier molecular flexibility index (Phi) is 8.49. The second-order valence-corrected chi connectivity index (χ2v) is 16.5. The van der Waals surface area contributed by atoms with Crippen molar-refractivity contribution in [1.82, 2.24) is 4.57 Å². The normalized spacial score (nSPS) is 11.6. The van der Waals surface area contributed by atoms with Crippen molar-refractivity contribution in [2.24, 2.45) is 0 Å². The number of hydrogen-bond donors (Lipinski definition) is 0. The highest BCUT2D eigenvalue weighted by Crippen LogP contribution is 2.50. The predicted octanol–water partition coefficient (Wildman–Crippen LogP) is 16.2. The fourth-order valence-corrected chi connectivity index (χ4v) is 10.2. The maximum absolute atomic E-state index is 2.50. The van der Waals surface area contributed by atoms with Crippen LogP contribution in [0.3, 0.4) is 0 Å². The minimum atomic E-state index is 1.13. The minimum Gasteiger partial charge on any atom is -0.310 e. The highest BCUT2D eigenvalue weighted by Gasteiger charge is 2.24. The van der Waals surface area contributed by atoms with Gasteiger partial charge < -0.3 is 9.47 Å². The lowest BCUT2D eigenvalue weighted by Crippen LogP contribution is -2.12. The van der Waals surface area contributed by atoms with Crippen LogP contribution >= 0.6 is 11.3 Å². The zero-order valence-electron chi connectivity index (χ0n) is 32.9. The number of rotatable bonds is 7. The van der Waals surface area contributed by atoms with Crippen LogP contribution in [0.25, 0.3) is 81.0 Å². The first-order chi connectivity index (χ1) is 29.1. The molecule has 3 heteroatoms. The van der Waals surface area contributed by atoms with E-state index in [-0.39, 0.29) is 0 Å². The Morgan fingerprint density at radius 1 is 0.424 bits per heavy atom. The van der Waals surface area contributed by atoms with Crippen molar-refractivity contribution >= 4 is 70.4 Å². The lowest BCUT2D eigenvalue weighted by atomic mass is 9.91. The van der Waals surface area contributed by atoms with Crippen molar-refractivity contribution in [3.63, 3.8) is 0 Å². The average molecular weight is 773 g/mol. The quantitative estimate of drug-likeness (QED) is 0.157. The summed E-state index contributed by atoms with van der Waals surface area (Å²) in [7, 11) is 0. The Labute approximate surface area is 348 Å². The Bertz CT molecular complexity index is 3280. The largest absolute Gasteiger partial charge is 0.310 e. The van der Waals surface area contributed by atoms with Gasteiger partial charge in [-0.15, -0.1) is 11.3 Å². The van der Waals surface area contributed by atoms with E-state index in [1.807, 2.05) is 11.3 Å². The summed E-state index contributed by atoms with van der Waals surface area (Å²) in [5, 5.41) is 5.06. The van der Waals surface area contributed by atoms with Gasteiger partial charge in [0.15, 0.2) is 0 Å². The van der Waals surface area contributed by atoms with Crippen LogP contribution in [0.1, 0.15) is 11.1 Å². The van der Waals surface area contributed by atoms with Crippen LogP contribution in [0.2, 0.25) is 0 Å². The third-order valence-corrected chi connectivity index (χ3v) is 13.0. The molecule has 0 radical (unpaired) electrons. The summed E-state index contributed by atoms with van der Waals surface area (Å²) >= 11 is 1.89. The summed E-state index contributed by atoms with van der Waals surface area (Å²) in [6.07, 6.45) is 0. The second-order valence-electron chi connectivity index (χ2n) is 15.4. The van der Waals surface area contributed by atoms with Crippen LogP contribution in [0, 0.1) is 13.8 Å². The fourth-order valence-electron chi connectivity index (χ4n) is 8.99. The molecule has 59 heavy (non-hydrogen) atoms. The molecule has 11 rings (SSSR count). The first kappa shape index (κ1) is 35.0. The highest BCUT2D eigenvalue weighted by atomic mass is 32.1. The molecule has 9 aromatic carbocycles. The van der Waals surface area contributed by atoms with Gasteiger partial charge in [0.05, 0.1) is 16.7 Å². The minimum absolute atomic E-state index is 1.13. The SMILES string of the molecule is Cc1ccc(N(c2cc(-c3ccccc3)c(-c3ccccc3)cc2C)c2ccc(-c3cccc(-n4c5ccccc5c5ccccc54)c3)c3sc4ccccc4c23)cc1.